The molecular weight excluding hydrogens is 233 g/mol. The summed E-state index contributed by atoms with van der Waals surface area (Å²) in [4.78, 5) is 8.98. The van der Waals surface area contributed by atoms with Gasteiger partial charge in [-0.15, -0.1) is 0 Å². The molecule has 4 nitrogen and oxygen atoms in total. The molecule has 1 aromatic heterocycles. The maximum absolute atomic E-state index is 12.8. The number of nitrogens with zero attached hydrogens (tertiary/aromatic N) is 3. The van der Waals surface area contributed by atoms with Gasteiger partial charge in [0.25, 0.3) is 0 Å². The van der Waals surface area contributed by atoms with Crippen LogP contribution >= 0.6 is 0 Å². The lowest BCUT2D eigenvalue weighted by atomic mass is 10.2. The zero-order chi connectivity index (χ0) is 12.6. The molecule has 0 amide bonds. The van der Waals surface area contributed by atoms with Crippen molar-refractivity contribution in [3.05, 3.63) is 11.8 Å². The Balaban J connectivity index is 2.32. The Kier molecular flexibility index (Phi) is 2.84. The number of alkyl halides is 3. The van der Waals surface area contributed by atoms with Crippen LogP contribution in [-0.4, -0.2) is 28.7 Å². The molecule has 1 atom stereocenters. The molecule has 0 unspecified atom stereocenters. The summed E-state index contributed by atoms with van der Waals surface area (Å²) in [6.07, 6.45) is -3.62. The number of halogens is 3. The van der Waals surface area contributed by atoms with Crippen LogP contribution in [0.5, 0.6) is 0 Å². The Bertz CT molecular complexity index is 398. The molecule has 0 spiro atoms. The van der Waals surface area contributed by atoms with Crippen molar-refractivity contribution in [1.29, 1.82) is 0 Å². The zero-order valence-corrected chi connectivity index (χ0v) is 9.33. The van der Waals surface area contributed by atoms with Gasteiger partial charge >= 0.3 is 6.18 Å². The van der Waals surface area contributed by atoms with Crippen LogP contribution in [0.25, 0.3) is 0 Å². The summed E-state index contributed by atoms with van der Waals surface area (Å²) < 4.78 is 38.3. The van der Waals surface area contributed by atoms with Crippen molar-refractivity contribution >= 4 is 11.8 Å². The maximum Gasteiger partial charge on any atom is 0.408 e. The van der Waals surface area contributed by atoms with E-state index in [0.29, 0.717) is 18.7 Å². The first-order chi connectivity index (χ1) is 7.88. The van der Waals surface area contributed by atoms with E-state index in [0.717, 1.165) is 0 Å². The van der Waals surface area contributed by atoms with Gasteiger partial charge < -0.3 is 10.6 Å². The van der Waals surface area contributed by atoms with Crippen molar-refractivity contribution in [1.82, 2.24) is 9.97 Å². The molecule has 0 saturated carbocycles. The molecule has 17 heavy (non-hydrogen) atoms. The van der Waals surface area contributed by atoms with Crippen LogP contribution in [0.2, 0.25) is 0 Å². The minimum Gasteiger partial charge on any atom is -0.368 e. The Hall–Kier alpha value is -1.53. The van der Waals surface area contributed by atoms with Gasteiger partial charge in [-0.2, -0.15) is 18.2 Å². The minimum absolute atomic E-state index is 0.00724. The second kappa shape index (κ2) is 4.05. The normalized spacial score (nSPS) is 20.9. The van der Waals surface area contributed by atoms with Crippen molar-refractivity contribution in [2.24, 2.45) is 0 Å². The molecule has 0 aromatic carbocycles. The molecule has 1 aliphatic heterocycles. The number of nitrogen functional groups attached to an aromatic ring is 1. The Morgan fingerprint density at radius 3 is 2.71 bits per heavy atom. The monoisotopic (exact) mass is 246 g/mol. The molecule has 0 aliphatic carbocycles. The van der Waals surface area contributed by atoms with Crippen molar-refractivity contribution in [2.75, 3.05) is 17.2 Å². The Morgan fingerprint density at radius 2 is 2.12 bits per heavy atom. The third-order valence-corrected chi connectivity index (χ3v) is 2.78. The second-order valence-electron chi connectivity index (χ2n) is 4.12. The second-order valence-corrected chi connectivity index (χ2v) is 4.12. The fourth-order valence-corrected chi connectivity index (χ4v) is 2.10. The predicted octanol–water partition coefficient (Wildman–Crippen LogP) is 1.90. The van der Waals surface area contributed by atoms with Crippen molar-refractivity contribution < 1.29 is 13.2 Å². The van der Waals surface area contributed by atoms with Crippen molar-refractivity contribution in [2.45, 2.75) is 32.0 Å². The molecule has 2 rings (SSSR count). The van der Waals surface area contributed by atoms with Gasteiger partial charge in [0.1, 0.15) is 11.9 Å². The van der Waals surface area contributed by atoms with E-state index >= 15 is 0 Å². The minimum atomic E-state index is -4.23. The SMILES string of the molecule is Cc1cc(N2CCC[C@H]2C(F)(F)F)nc(N)n1. The van der Waals surface area contributed by atoms with Crippen molar-refractivity contribution in [3.8, 4) is 0 Å². The molecule has 0 bridgehead atoms. The molecular formula is C10H13F3N4. The summed E-state index contributed by atoms with van der Waals surface area (Å²) in [7, 11) is 0. The van der Waals surface area contributed by atoms with Crippen LogP contribution in [-0.2, 0) is 0 Å². The lowest BCUT2D eigenvalue weighted by Gasteiger charge is -2.27. The van der Waals surface area contributed by atoms with Gasteiger partial charge in [-0.05, 0) is 19.8 Å². The molecule has 2 N–H and O–H groups in total. The smallest absolute Gasteiger partial charge is 0.368 e. The highest BCUT2D eigenvalue weighted by atomic mass is 19.4. The summed E-state index contributed by atoms with van der Waals surface area (Å²) in [5.41, 5.74) is 6.02. The molecule has 1 fully saturated rings. The lowest BCUT2D eigenvalue weighted by Crippen LogP contribution is -2.41. The molecule has 1 aliphatic rings. The quantitative estimate of drug-likeness (QED) is 0.822. The Morgan fingerprint density at radius 1 is 1.41 bits per heavy atom. The molecule has 0 radical (unpaired) electrons. The predicted molar refractivity (Wildman–Crippen MR) is 57.6 cm³/mol. The fourth-order valence-electron chi connectivity index (χ4n) is 2.10. The zero-order valence-electron chi connectivity index (χ0n) is 9.33. The van der Waals surface area contributed by atoms with E-state index in [1.165, 1.54) is 11.0 Å². The van der Waals surface area contributed by atoms with Crippen LogP contribution in [0.3, 0.4) is 0 Å². The highest BCUT2D eigenvalue weighted by Gasteiger charge is 2.46. The molecule has 1 aromatic rings. The van der Waals surface area contributed by atoms with E-state index in [-0.39, 0.29) is 18.2 Å². The highest BCUT2D eigenvalue weighted by molar-refractivity contribution is 5.45. The molecule has 2 heterocycles. The first kappa shape index (κ1) is 11.9. The van der Waals surface area contributed by atoms with Gasteiger partial charge in [0.05, 0.1) is 0 Å². The van der Waals surface area contributed by atoms with Gasteiger partial charge in [-0.3, -0.25) is 0 Å². The number of hydrogen-bond donors (Lipinski definition) is 1. The number of rotatable bonds is 1. The van der Waals surface area contributed by atoms with Crippen LogP contribution in [0.4, 0.5) is 24.9 Å². The van der Waals surface area contributed by atoms with E-state index in [1.54, 1.807) is 6.92 Å². The first-order valence-electron chi connectivity index (χ1n) is 5.32. The standard InChI is InChI=1S/C10H13F3N4/c1-6-5-8(16-9(14)15-6)17-4-2-3-7(17)10(11,12)13/h5,7H,2-4H2,1H3,(H2,14,15,16)/t7-/m0/s1. The van der Waals surface area contributed by atoms with Crippen LogP contribution in [0, 0.1) is 6.92 Å². The van der Waals surface area contributed by atoms with Gasteiger partial charge in [0.2, 0.25) is 5.95 Å². The molecule has 7 heteroatoms. The third-order valence-electron chi connectivity index (χ3n) is 2.78. The molecule has 1 saturated heterocycles. The highest BCUT2D eigenvalue weighted by Crippen LogP contribution is 2.35. The average Bonchev–Trinajstić information content (AvgIpc) is 2.63. The van der Waals surface area contributed by atoms with Gasteiger partial charge in [0, 0.05) is 18.3 Å². The first-order valence-corrected chi connectivity index (χ1v) is 5.32. The van der Waals surface area contributed by atoms with E-state index in [1.807, 2.05) is 0 Å². The van der Waals surface area contributed by atoms with E-state index in [2.05, 4.69) is 9.97 Å². The topological polar surface area (TPSA) is 55.0 Å². The van der Waals surface area contributed by atoms with Gasteiger partial charge in [-0.25, -0.2) is 4.98 Å². The number of nitrogens with two attached hydrogens (primary N) is 1. The van der Waals surface area contributed by atoms with Gasteiger partial charge in [-0.1, -0.05) is 0 Å². The van der Waals surface area contributed by atoms with E-state index in [4.69, 9.17) is 5.73 Å². The number of aromatic nitrogens is 2. The maximum atomic E-state index is 12.8. The third kappa shape index (κ3) is 2.42. The van der Waals surface area contributed by atoms with Crippen LogP contribution in [0.1, 0.15) is 18.5 Å². The number of hydrogen-bond acceptors (Lipinski definition) is 4. The van der Waals surface area contributed by atoms with Crippen LogP contribution < -0.4 is 10.6 Å². The van der Waals surface area contributed by atoms with E-state index in [9.17, 15) is 13.2 Å². The Labute approximate surface area is 96.7 Å². The summed E-state index contributed by atoms with van der Waals surface area (Å²) in [6, 6.07) is 0.0663. The lowest BCUT2D eigenvalue weighted by molar-refractivity contribution is -0.146. The summed E-state index contributed by atoms with van der Waals surface area (Å²) in [5.74, 6) is 0.266. The van der Waals surface area contributed by atoms with Crippen LogP contribution in [0.15, 0.2) is 6.07 Å². The van der Waals surface area contributed by atoms with Crippen molar-refractivity contribution in [3.63, 3.8) is 0 Å². The van der Waals surface area contributed by atoms with Gasteiger partial charge in [0.15, 0.2) is 0 Å². The van der Waals surface area contributed by atoms with E-state index < -0.39 is 12.2 Å². The average molecular weight is 246 g/mol. The summed E-state index contributed by atoms with van der Waals surface area (Å²) in [5, 5.41) is 0. The largest absolute Gasteiger partial charge is 0.408 e. The summed E-state index contributed by atoms with van der Waals surface area (Å²) >= 11 is 0. The fraction of sp³-hybridized carbons (Fsp3) is 0.600. The summed E-state index contributed by atoms with van der Waals surface area (Å²) in [6.45, 7) is 2.03. The molecule has 94 valence electrons. The number of aryl methyl sites for hydroxylation is 1. The number of anilines is 2.